The smallest absolute Gasteiger partial charge is 0.202 e. The maximum Gasteiger partial charge on any atom is 0.202 e. The Kier molecular flexibility index (Phi) is 4.35. The van der Waals surface area contributed by atoms with Gasteiger partial charge in [0, 0.05) is 25.5 Å². The van der Waals surface area contributed by atoms with Crippen molar-refractivity contribution in [1.82, 2.24) is 14.3 Å². The van der Waals surface area contributed by atoms with Gasteiger partial charge in [0.15, 0.2) is 12.5 Å². The van der Waals surface area contributed by atoms with Crippen LogP contribution in [0.15, 0.2) is 47.8 Å². The first-order valence-corrected chi connectivity index (χ1v) is 9.60. The van der Waals surface area contributed by atoms with E-state index in [1.807, 2.05) is 45.8 Å². The van der Waals surface area contributed by atoms with Crippen LogP contribution in [0.4, 0.5) is 0 Å². The molecule has 1 aliphatic heterocycles. The highest BCUT2D eigenvalue weighted by Crippen LogP contribution is 2.23. The third-order valence-electron chi connectivity index (χ3n) is 4.80. The second-order valence-electron chi connectivity index (χ2n) is 6.31. The lowest BCUT2D eigenvalue weighted by Gasteiger charge is -2.20. The molecule has 0 aliphatic carbocycles. The molecule has 1 N–H and O–H groups in total. The van der Waals surface area contributed by atoms with Crippen molar-refractivity contribution in [3.63, 3.8) is 0 Å². The van der Waals surface area contributed by atoms with Crippen LogP contribution in [0.5, 0.6) is 0 Å². The van der Waals surface area contributed by atoms with E-state index in [1.54, 1.807) is 4.90 Å². The van der Waals surface area contributed by atoms with E-state index in [-0.39, 0.29) is 0 Å². The van der Waals surface area contributed by atoms with E-state index in [0.717, 1.165) is 22.8 Å². The van der Waals surface area contributed by atoms with Gasteiger partial charge in [0.2, 0.25) is 4.77 Å². The summed E-state index contributed by atoms with van der Waals surface area (Å²) in [5.74, 6) is 0.937. The van der Waals surface area contributed by atoms with Gasteiger partial charge in [-0.15, -0.1) is 16.4 Å². The first kappa shape index (κ1) is 15.7. The van der Waals surface area contributed by atoms with E-state index < -0.39 is 0 Å². The van der Waals surface area contributed by atoms with E-state index in [0.29, 0.717) is 6.04 Å². The topological polar surface area (TPSA) is 27.2 Å². The molecule has 0 bridgehead atoms. The van der Waals surface area contributed by atoms with Crippen molar-refractivity contribution < 1.29 is 4.90 Å². The monoisotopic (exact) mass is 357 g/mol. The fraction of sp³-hybridized carbons (Fsp3) is 0.333. The summed E-state index contributed by atoms with van der Waals surface area (Å²) in [7, 11) is 2.00. The molecule has 0 spiro atoms. The number of rotatable bonds is 4. The van der Waals surface area contributed by atoms with Gasteiger partial charge in [-0.3, -0.25) is 0 Å². The number of likely N-dealkylation sites (tertiary alicyclic amines) is 1. The van der Waals surface area contributed by atoms with Crippen LogP contribution in [-0.2, 0) is 13.7 Å². The molecule has 4 rings (SSSR count). The lowest BCUT2D eigenvalue weighted by Crippen LogP contribution is -3.09. The third kappa shape index (κ3) is 2.85. The Hall–Kier alpha value is -1.76. The molecule has 2 atom stereocenters. The predicted molar refractivity (Wildman–Crippen MR) is 99.6 cm³/mol. The van der Waals surface area contributed by atoms with Gasteiger partial charge in [-0.25, -0.2) is 0 Å². The third-order valence-corrected chi connectivity index (χ3v) is 6.27. The Labute approximate surface area is 151 Å². The molecule has 1 saturated heterocycles. The summed E-state index contributed by atoms with van der Waals surface area (Å²) in [4.78, 5) is 3.04. The van der Waals surface area contributed by atoms with Crippen LogP contribution >= 0.6 is 23.6 Å². The van der Waals surface area contributed by atoms with Crippen LogP contribution in [0.25, 0.3) is 11.4 Å². The van der Waals surface area contributed by atoms with Crippen molar-refractivity contribution in [2.24, 2.45) is 7.05 Å². The van der Waals surface area contributed by atoms with E-state index in [9.17, 15) is 0 Å². The molecule has 3 heterocycles. The van der Waals surface area contributed by atoms with Crippen molar-refractivity contribution in [3.8, 4) is 11.4 Å². The lowest BCUT2D eigenvalue weighted by molar-refractivity contribution is -0.941. The van der Waals surface area contributed by atoms with Crippen LogP contribution in [0, 0.1) is 4.77 Å². The molecule has 4 nitrogen and oxygen atoms in total. The van der Waals surface area contributed by atoms with E-state index in [1.165, 1.54) is 24.3 Å². The molecular weight excluding hydrogens is 336 g/mol. The molecule has 6 heteroatoms. The van der Waals surface area contributed by atoms with Crippen LogP contribution in [-0.4, -0.2) is 20.9 Å². The van der Waals surface area contributed by atoms with E-state index >= 15 is 0 Å². The van der Waals surface area contributed by atoms with Gasteiger partial charge in [-0.05, 0) is 23.7 Å². The minimum atomic E-state index is 0.578. The molecule has 3 aromatic rings. The standard InChI is InChI=1S/C18H20N4S2/c1-20-17(14-7-3-2-4-8-14)19-22(18(20)23)13-21-11-5-9-15(21)16-10-6-12-24-16/h2-4,6-8,10,12,15H,5,9,11,13H2,1H3/p+1/t15-/m1/s1. The Bertz CT molecular complexity index is 864. The zero-order valence-corrected chi connectivity index (χ0v) is 15.3. The number of hydrogen-bond acceptors (Lipinski definition) is 3. The summed E-state index contributed by atoms with van der Waals surface area (Å²) in [6.07, 6.45) is 2.52. The minimum absolute atomic E-state index is 0.578. The van der Waals surface area contributed by atoms with Crippen LogP contribution in [0.2, 0.25) is 0 Å². The van der Waals surface area contributed by atoms with Crippen molar-refractivity contribution in [3.05, 3.63) is 57.5 Å². The predicted octanol–water partition coefficient (Wildman–Crippen LogP) is 3.06. The van der Waals surface area contributed by atoms with Crippen molar-refractivity contribution >= 4 is 23.6 Å². The van der Waals surface area contributed by atoms with Gasteiger partial charge in [0.1, 0.15) is 6.04 Å². The van der Waals surface area contributed by atoms with Gasteiger partial charge in [-0.2, -0.15) is 4.68 Å². The molecule has 2 aromatic heterocycles. The number of hydrogen-bond donors (Lipinski definition) is 1. The van der Waals surface area contributed by atoms with Crippen molar-refractivity contribution in [2.75, 3.05) is 6.54 Å². The average molecular weight is 358 g/mol. The van der Waals surface area contributed by atoms with Crippen molar-refractivity contribution in [1.29, 1.82) is 0 Å². The summed E-state index contributed by atoms with van der Waals surface area (Å²) < 4.78 is 4.80. The maximum absolute atomic E-state index is 5.64. The molecule has 0 amide bonds. The summed E-state index contributed by atoms with van der Waals surface area (Å²) in [6.45, 7) is 2.02. The Morgan fingerprint density at radius 1 is 1.25 bits per heavy atom. The summed E-state index contributed by atoms with van der Waals surface area (Å²) in [5, 5.41) is 6.99. The molecule has 1 aromatic carbocycles. The summed E-state index contributed by atoms with van der Waals surface area (Å²) in [5.41, 5.74) is 1.11. The fourth-order valence-corrected chi connectivity index (χ4v) is 4.67. The highest BCUT2D eigenvalue weighted by atomic mass is 32.1. The molecule has 1 fully saturated rings. The Morgan fingerprint density at radius 3 is 2.83 bits per heavy atom. The SMILES string of the molecule is Cn1c(-c2ccccc2)nn(C[NH+]2CCC[C@@H]2c2cccs2)c1=S. The normalized spacial score (nSPS) is 20.5. The molecular formula is C18H21N4S2+. The number of nitrogens with one attached hydrogen (secondary N) is 1. The zero-order chi connectivity index (χ0) is 16.5. The highest BCUT2D eigenvalue weighted by Gasteiger charge is 2.31. The molecule has 0 radical (unpaired) electrons. The number of aromatic nitrogens is 3. The summed E-state index contributed by atoms with van der Waals surface area (Å²) in [6, 6.07) is 15.2. The van der Waals surface area contributed by atoms with Crippen LogP contribution < -0.4 is 4.90 Å². The van der Waals surface area contributed by atoms with E-state index in [2.05, 4.69) is 29.6 Å². The zero-order valence-electron chi connectivity index (χ0n) is 13.7. The van der Waals surface area contributed by atoms with Gasteiger partial charge < -0.3 is 9.47 Å². The van der Waals surface area contributed by atoms with Crippen molar-refractivity contribution in [2.45, 2.75) is 25.6 Å². The van der Waals surface area contributed by atoms with Gasteiger partial charge in [-0.1, -0.05) is 36.4 Å². The molecule has 124 valence electrons. The first-order chi connectivity index (χ1) is 11.7. The quantitative estimate of drug-likeness (QED) is 0.727. The molecule has 24 heavy (non-hydrogen) atoms. The van der Waals surface area contributed by atoms with Crippen LogP contribution in [0.3, 0.4) is 0 Å². The number of quaternary nitrogens is 1. The average Bonchev–Trinajstić information content (AvgIpc) is 3.33. The lowest BCUT2D eigenvalue weighted by atomic mass is 10.2. The molecule has 0 saturated carbocycles. The minimum Gasteiger partial charge on any atom is -0.309 e. The van der Waals surface area contributed by atoms with Gasteiger partial charge in [0.05, 0.1) is 11.4 Å². The van der Waals surface area contributed by atoms with Gasteiger partial charge in [0.25, 0.3) is 0 Å². The number of nitrogens with zero attached hydrogens (tertiary/aromatic N) is 3. The van der Waals surface area contributed by atoms with E-state index in [4.69, 9.17) is 17.3 Å². The fourth-order valence-electron chi connectivity index (χ4n) is 3.56. The largest absolute Gasteiger partial charge is 0.309 e. The molecule has 1 aliphatic rings. The maximum atomic E-state index is 5.64. The highest BCUT2D eigenvalue weighted by molar-refractivity contribution is 7.71. The Balaban J connectivity index is 1.62. The first-order valence-electron chi connectivity index (χ1n) is 8.31. The number of thiophene rings is 1. The summed E-state index contributed by atoms with van der Waals surface area (Å²) >= 11 is 7.50. The number of benzene rings is 1. The van der Waals surface area contributed by atoms with Gasteiger partial charge >= 0.3 is 0 Å². The molecule has 1 unspecified atom stereocenters. The van der Waals surface area contributed by atoms with Crippen LogP contribution in [0.1, 0.15) is 23.8 Å². The second kappa shape index (κ2) is 6.63. The Morgan fingerprint density at radius 2 is 2.08 bits per heavy atom. The second-order valence-corrected chi connectivity index (χ2v) is 7.65.